The molecule has 3 N–H and O–H groups in total. The van der Waals surface area contributed by atoms with E-state index in [1.54, 1.807) is 28.4 Å². The van der Waals surface area contributed by atoms with Crippen LogP contribution in [-0.4, -0.2) is 33.5 Å². The van der Waals surface area contributed by atoms with Gasteiger partial charge in [0, 0.05) is 30.9 Å². The molecule has 0 spiro atoms. The first-order chi connectivity index (χ1) is 27.5. The van der Waals surface area contributed by atoms with E-state index in [0.29, 0.717) is 23.0 Å². The fourth-order valence-electron chi connectivity index (χ4n) is 6.87. The van der Waals surface area contributed by atoms with Gasteiger partial charge in [-0.3, -0.25) is 5.32 Å². The highest BCUT2D eigenvalue weighted by molar-refractivity contribution is 7.80. The van der Waals surface area contributed by atoms with Crippen molar-refractivity contribution in [3.8, 4) is 28.7 Å². The molecule has 0 amide bonds. The van der Waals surface area contributed by atoms with Gasteiger partial charge in [-0.25, -0.2) is 0 Å². The number of allylic oxidation sites excluding steroid dienone is 3. The van der Waals surface area contributed by atoms with E-state index < -0.39 is 7.92 Å². The first kappa shape index (κ1) is 39.9. The Balaban J connectivity index is 1.61. The van der Waals surface area contributed by atoms with Crippen molar-refractivity contribution >= 4 is 40.8 Å². The largest absolute Gasteiger partial charge is 0.502 e. The zero-order valence-corrected chi connectivity index (χ0v) is 33.8. The molecule has 0 saturated heterocycles. The highest BCUT2D eigenvalue weighted by atomic mass is 31.1. The lowest BCUT2D eigenvalue weighted by atomic mass is 9.99. The normalized spacial score (nSPS) is 11.8. The van der Waals surface area contributed by atoms with Gasteiger partial charge in [-0.15, -0.1) is 0 Å². The molecule has 0 aromatic heterocycles. The van der Waals surface area contributed by atoms with Crippen LogP contribution in [0.4, 0.5) is 5.69 Å². The predicted octanol–water partition coefficient (Wildman–Crippen LogP) is 9.09. The van der Waals surface area contributed by atoms with Gasteiger partial charge in [0.05, 0.1) is 39.0 Å². The van der Waals surface area contributed by atoms with E-state index in [2.05, 4.69) is 109 Å². The molecule has 6 nitrogen and oxygen atoms in total. The maximum Gasteiger partial charge on any atom is 0.186 e. The Hall–Kier alpha value is -5.81. The van der Waals surface area contributed by atoms with Crippen LogP contribution < -0.4 is 40.2 Å². The minimum atomic E-state index is -1.59. The summed E-state index contributed by atoms with van der Waals surface area (Å²) in [7, 11) is 5.06. The summed E-state index contributed by atoms with van der Waals surface area (Å²) < 4.78 is 24.1. The molecule has 6 aromatic rings. The van der Waals surface area contributed by atoms with Crippen LogP contribution in [0.25, 0.3) is 11.3 Å². The van der Waals surface area contributed by atoms with E-state index in [0.717, 1.165) is 75.2 Å². The summed E-state index contributed by atoms with van der Waals surface area (Å²) in [5.41, 5.74) is 7.28. The number of phenolic OH excluding ortho intramolecular Hbond substituents is 1. The first-order valence-electron chi connectivity index (χ1n) is 19.0. The zero-order chi connectivity index (χ0) is 39.3. The Morgan fingerprint density at radius 3 is 1.61 bits per heavy atom. The van der Waals surface area contributed by atoms with Crippen LogP contribution in [0.3, 0.4) is 0 Å². The average molecular weight is 765 g/mol. The van der Waals surface area contributed by atoms with Gasteiger partial charge in [0.1, 0.15) is 28.7 Å². The monoisotopic (exact) mass is 764 g/mol. The lowest BCUT2D eigenvalue weighted by Gasteiger charge is -2.27. The number of unbranched alkanes of at least 4 members (excludes halogenated alkanes) is 1. The summed E-state index contributed by atoms with van der Waals surface area (Å²) in [4.78, 5) is 0. The molecule has 0 atom stereocenters. The van der Waals surface area contributed by atoms with Crippen molar-refractivity contribution in [3.05, 3.63) is 174 Å². The van der Waals surface area contributed by atoms with E-state index in [-0.39, 0.29) is 5.75 Å². The number of benzene rings is 6. The number of hydrogen-bond donors (Lipinski definition) is 2. The summed E-state index contributed by atoms with van der Waals surface area (Å²) in [6.07, 6.45) is 8.17. The van der Waals surface area contributed by atoms with Crippen LogP contribution in [-0.2, 0) is 12.8 Å². The smallest absolute Gasteiger partial charge is 0.186 e. The lowest BCUT2D eigenvalue weighted by Crippen LogP contribution is -2.74. The molecular weight excluding hydrogens is 714 g/mol. The molecule has 0 unspecified atom stereocenters. The van der Waals surface area contributed by atoms with Crippen molar-refractivity contribution < 1.29 is 29.4 Å². The topological polar surface area (TPSA) is 73.8 Å². The number of methoxy groups -OCH3 is 4. The number of ether oxygens (including phenoxy) is 4. The summed E-state index contributed by atoms with van der Waals surface area (Å²) in [5, 5.41) is 17.3. The second-order valence-corrected chi connectivity index (χ2v) is 15.4. The first-order valence-corrected chi connectivity index (χ1v) is 20.3. The number of aromatic hydroxyl groups is 1. The molecular formula is C49H51NO5P+. The Morgan fingerprint density at radius 2 is 1.11 bits per heavy atom. The second-order valence-electron chi connectivity index (χ2n) is 13.3. The molecule has 0 aliphatic carbocycles. The van der Waals surface area contributed by atoms with E-state index >= 15 is 0 Å². The third-order valence-electron chi connectivity index (χ3n) is 9.73. The molecule has 7 heteroatoms. The SMILES string of the molecule is CCCCc1cc([NH2+]/C(=C\C(=C/Cc2ccccc2)c2ccccc2)c2ccccc2)c(O)c(P(c2c(OC)cccc2OC)c2c(OC)cccc2OC)c1. The van der Waals surface area contributed by atoms with Crippen molar-refractivity contribution in [2.24, 2.45) is 0 Å². The van der Waals surface area contributed by atoms with Gasteiger partial charge in [-0.2, -0.15) is 0 Å². The molecule has 0 aliphatic rings. The van der Waals surface area contributed by atoms with Gasteiger partial charge in [0.2, 0.25) is 0 Å². The number of aryl methyl sites for hydroxylation is 1. The van der Waals surface area contributed by atoms with Crippen LogP contribution in [0.15, 0.2) is 152 Å². The number of phenols is 1. The summed E-state index contributed by atoms with van der Waals surface area (Å²) >= 11 is 0. The van der Waals surface area contributed by atoms with Crippen molar-refractivity contribution in [1.29, 1.82) is 0 Å². The maximum absolute atomic E-state index is 12.8. The van der Waals surface area contributed by atoms with Crippen molar-refractivity contribution in [2.75, 3.05) is 28.4 Å². The third-order valence-corrected chi connectivity index (χ3v) is 12.3. The molecule has 6 aromatic carbocycles. The zero-order valence-electron chi connectivity index (χ0n) is 32.9. The Labute approximate surface area is 332 Å². The molecule has 0 radical (unpaired) electrons. The number of rotatable bonds is 17. The second kappa shape index (κ2) is 19.7. The molecule has 0 fully saturated rings. The summed E-state index contributed by atoms with van der Waals surface area (Å²) in [6, 6.07) is 47.2. The maximum atomic E-state index is 12.8. The van der Waals surface area contributed by atoms with Gasteiger partial charge >= 0.3 is 0 Å². The van der Waals surface area contributed by atoms with E-state index in [4.69, 9.17) is 18.9 Å². The number of nitrogens with two attached hydrogens (primary N) is 1. The van der Waals surface area contributed by atoms with Crippen LogP contribution in [0.5, 0.6) is 28.7 Å². The fourth-order valence-corrected chi connectivity index (χ4v) is 9.76. The Kier molecular flexibility index (Phi) is 14.0. The Morgan fingerprint density at radius 1 is 0.607 bits per heavy atom. The Bertz CT molecular complexity index is 2150. The minimum absolute atomic E-state index is 0.175. The average Bonchev–Trinajstić information content (AvgIpc) is 3.26. The van der Waals surface area contributed by atoms with Crippen molar-refractivity contribution in [1.82, 2.24) is 0 Å². The van der Waals surface area contributed by atoms with E-state index in [9.17, 15) is 5.11 Å². The highest BCUT2D eigenvalue weighted by Gasteiger charge is 2.34. The van der Waals surface area contributed by atoms with Crippen molar-refractivity contribution in [3.63, 3.8) is 0 Å². The molecule has 6 rings (SSSR count). The van der Waals surface area contributed by atoms with Crippen LogP contribution >= 0.6 is 7.92 Å². The quantitative estimate of drug-likeness (QED) is 0.0420. The van der Waals surface area contributed by atoms with Crippen LogP contribution in [0.1, 0.15) is 42.0 Å². The van der Waals surface area contributed by atoms with E-state index in [1.165, 1.54) is 5.56 Å². The van der Waals surface area contributed by atoms with Gasteiger partial charge < -0.3 is 24.1 Å². The predicted molar refractivity (Wildman–Crippen MR) is 232 cm³/mol. The van der Waals surface area contributed by atoms with Crippen LogP contribution in [0, 0.1) is 0 Å². The van der Waals surface area contributed by atoms with E-state index in [1.807, 2.05) is 54.6 Å². The molecule has 286 valence electrons. The van der Waals surface area contributed by atoms with Gasteiger partial charge in [0.15, 0.2) is 11.4 Å². The summed E-state index contributed by atoms with van der Waals surface area (Å²) in [5.74, 6) is 2.76. The lowest BCUT2D eigenvalue weighted by molar-refractivity contribution is -0.469. The minimum Gasteiger partial charge on any atom is -0.502 e. The molecule has 0 heterocycles. The van der Waals surface area contributed by atoms with Gasteiger partial charge in [-0.1, -0.05) is 110 Å². The van der Waals surface area contributed by atoms with Gasteiger partial charge in [0.25, 0.3) is 0 Å². The number of hydrogen-bond acceptors (Lipinski definition) is 5. The van der Waals surface area contributed by atoms with Crippen molar-refractivity contribution in [2.45, 2.75) is 32.6 Å². The van der Waals surface area contributed by atoms with Crippen LogP contribution in [0.2, 0.25) is 0 Å². The number of quaternary nitrogens is 1. The highest BCUT2D eigenvalue weighted by Crippen LogP contribution is 2.48. The summed E-state index contributed by atoms with van der Waals surface area (Å²) in [6.45, 7) is 2.20. The molecule has 0 bridgehead atoms. The standard InChI is InChI=1S/C49H50NO5P/c1-6-7-19-36-32-41(50-40(38-24-15-10-16-25-38)34-39(37-22-13-9-14-23-37)31-30-35-20-11-8-12-21-35)47(51)46(33-36)56(48-42(52-2)26-17-27-43(48)53-3)49-44(54-4)28-18-29-45(49)55-5/h8-18,20-29,31-34,50-51H,6-7,19,30H2,1-5H3/p+1/b39-31+,40-34-. The van der Waals surface area contributed by atoms with Gasteiger partial charge in [-0.05, 0) is 84.0 Å². The molecule has 0 aliphatic heterocycles. The third kappa shape index (κ3) is 9.34. The molecule has 56 heavy (non-hydrogen) atoms. The fraction of sp³-hybridized carbons (Fsp3) is 0.184. The molecule has 0 saturated carbocycles.